The lowest BCUT2D eigenvalue weighted by molar-refractivity contribution is -0.149. The van der Waals surface area contributed by atoms with Crippen molar-refractivity contribution < 1.29 is 19.1 Å². The van der Waals surface area contributed by atoms with E-state index in [4.69, 9.17) is 9.47 Å². The fourth-order valence-electron chi connectivity index (χ4n) is 2.52. The van der Waals surface area contributed by atoms with Crippen molar-refractivity contribution >= 4 is 11.8 Å². The number of rotatable bonds is 3. The predicted molar refractivity (Wildman–Crippen MR) is 74.6 cm³/mol. The highest BCUT2D eigenvalue weighted by atomic mass is 16.5. The summed E-state index contributed by atoms with van der Waals surface area (Å²) in [7, 11) is 2.93. The van der Waals surface area contributed by atoms with Crippen LogP contribution in [0, 0.1) is 5.92 Å². The molecule has 0 aromatic heterocycles. The molecule has 1 aliphatic carbocycles. The fourth-order valence-corrected chi connectivity index (χ4v) is 2.52. The van der Waals surface area contributed by atoms with Crippen molar-refractivity contribution in [1.82, 2.24) is 0 Å². The van der Waals surface area contributed by atoms with Crippen LogP contribution in [0.4, 0.5) is 0 Å². The van der Waals surface area contributed by atoms with Crippen molar-refractivity contribution in [3.8, 4) is 5.75 Å². The summed E-state index contributed by atoms with van der Waals surface area (Å²) in [5.74, 6) is -0.465. The molecular weight excluding hydrogens is 256 g/mol. The first-order valence-corrected chi connectivity index (χ1v) is 6.51. The van der Waals surface area contributed by atoms with Crippen LogP contribution in [0.2, 0.25) is 0 Å². The molecule has 2 unspecified atom stereocenters. The molecule has 0 aliphatic heterocycles. The van der Waals surface area contributed by atoms with Crippen molar-refractivity contribution in [2.75, 3.05) is 14.2 Å². The van der Waals surface area contributed by atoms with E-state index in [9.17, 15) is 9.59 Å². The molecule has 0 saturated heterocycles. The van der Waals surface area contributed by atoms with Crippen molar-refractivity contribution in [2.24, 2.45) is 5.92 Å². The number of hydrogen-bond acceptors (Lipinski definition) is 4. The third-order valence-electron chi connectivity index (χ3n) is 3.68. The lowest BCUT2D eigenvalue weighted by Crippen LogP contribution is -2.30. The van der Waals surface area contributed by atoms with Gasteiger partial charge >= 0.3 is 5.97 Å². The van der Waals surface area contributed by atoms with Crippen LogP contribution < -0.4 is 4.74 Å². The third-order valence-corrected chi connectivity index (χ3v) is 3.68. The van der Waals surface area contributed by atoms with Crippen molar-refractivity contribution in [2.45, 2.75) is 19.3 Å². The van der Waals surface area contributed by atoms with Gasteiger partial charge in [0.2, 0.25) is 0 Å². The van der Waals surface area contributed by atoms with Gasteiger partial charge in [-0.15, -0.1) is 0 Å². The van der Waals surface area contributed by atoms with Crippen LogP contribution in [0.25, 0.3) is 0 Å². The van der Waals surface area contributed by atoms with E-state index in [1.807, 2.05) is 30.3 Å². The number of ketones is 1. The predicted octanol–water partition coefficient (Wildman–Crippen LogP) is 2.49. The highest BCUT2D eigenvalue weighted by Gasteiger charge is 2.34. The molecule has 2 rings (SSSR count). The molecule has 1 aromatic rings. The van der Waals surface area contributed by atoms with E-state index in [-0.39, 0.29) is 11.7 Å². The normalized spacial score (nSPS) is 22.1. The number of Topliss-reactive ketones (excluding diaryl/α,β-unsaturated/α-hetero) is 1. The summed E-state index contributed by atoms with van der Waals surface area (Å²) in [6.45, 7) is 1.74. The largest absolute Gasteiger partial charge is 0.497 e. The van der Waals surface area contributed by atoms with Crippen LogP contribution in [-0.4, -0.2) is 26.0 Å². The van der Waals surface area contributed by atoms with Crippen molar-refractivity contribution in [1.29, 1.82) is 0 Å². The molecule has 0 amide bonds. The molecule has 2 atom stereocenters. The van der Waals surface area contributed by atoms with E-state index in [1.165, 1.54) is 7.11 Å². The summed E-state index contributed by atoms with van der Waals surface area (Å²) in [6, 6.07) is 7.67. The average Bonchev–Trinajstić information content (AvgIpc) is 2.49. The minimum Gasteiger partial charge on any atom is -0.497 e. The molecule has 0 radical (unpaired) electrons. The average molecular weight is 274 g/mol. The maximum absolute atomic E-state index is 12.0. The second kappa shape index (κ2) is 5.90. The second-order valence-electron chi connectivity index (χ2n) is 4.91. The van der Waals surface area contributed by atoms with Gasteiger partial charge in [-0.05, 0) is 36.6 Å². The number of allylic oxidation sites excluding steroid dienone is 2. The number of ether oxygens (including phenoxy) is 2. The van der Waals surface area contributed by atoms with Gasteiger partial charge < -0.3 is 9.47 Å². The van der Waals surface area contributed by atoms with Gasteiger partial charge in [0.25, 0.3) is 0 Å². The third kappa shape index (κ3) is 2.74. The molecule has 4 nitrogen and oxygen atoms in total. The minimum absolute atomic E-state index is 0.0442. The first kappa shape index (κ1) is 14.3. The van der Waals surface area contributed by atoms with Gasteiger partial charge in [0.1, 0.15) is 11.7 Å². The molecule has 0 fully saturated rings. The Morgan fingerprint density at radius 2 is 1.85 bits per heavy atom. The molecule has 106 valence electrons. The van der Waals surface area contributed by atoms with Gasteiger partial charge in [0, 0.05) is 5.92 Å². The van der Waals surface area contributed by atoms with Crippen molar-refractivity contribution in [3.05, 3.63) is 41.5 Å². The zero-order valence-electron chi connectivity index (χ0n) is 11.9. The summed E-state index contributed by atoms with van der Waals surface area (Å²) in [5, 5.41) is 0. The Morgan fingerprint density at radius 3 is 2.40 bits per heavy atom. The van der Waals surface area contributed by atoms with E-state index in [0.29, 0.717) is 12.0 Å². The van der Waals surface area contributed by atoms with Crippen LogP contribution >= 0.6 is 0 Å². The fraction of sp³-hybridized carbons (Fsp3) is 0.375. The Labute approximate surface area is 118 Å². The molecule has 0 spiro atoms. The van der Waals surface area contributed by atoms with Crippen molar-refractivity contribution in [3.63, 3.8) is 0 Å². The SMILES string of the molecule is COC(=O)C1CC(c2ccc(OC)cc2)C=C(C)C1=O. The molecule has 0 bridgehead atoms. The van der Waals surface area contributed by atoms with E-state index >= 15 is 0 Å². The van der Waals surface area contributed by atoms with Crippen LogP contribution in [0.5, 0.6) is 5.75 Å². The Morgan fingerprint density at radius 1 is 1.20 bits per heavy atom. The molecule has 20 heavy (non-hydrogen) atoms. The molecule has 0 saturated carbocycles. The molecule has 1 aromatic carbocycles. The summed E-state index contributed by atoms with van der Waals surface area (Å²) in [4.78, 5) is 23.7. The second-order valence-corrected chi connectivity index (χ2v) is 4.91. The monoisotopic (exact) mass is 274 g/mol. The van der Waals surface area contributed by atoms with E-state index in [2.05, 4.69) is 0 Å². The van der Waals surface area contributed by atoms with Gasteiger partial charge in [-0.3, -0.25) is 9.59 Å². The minimum atomic E-state index is -0.697. The Balaban J connectivity index is 2.27. The summed E-state index contributed by atoms with van der Waals surface area (Å²) >= 11 is 0. The number of carbonyl (C=O) groups is 2. The number of esters is 1. The first-order chi connectivity index (χ1) is 9.56. The Bertz CT molecular complexity index is 542. The van der Waals surface area contributed by atoms with E-state index in [0.717, 1.165) is 11.3 Å². The number of hydrogen-bond donors (Lipinski definition) is 0. The Kier molecular flexibility index (Phi) is 4.23. The number of carbonyl (C=O) groups excluding carboxylic acids is 2. The topological polar surface area (TPSA) is 52.6 Å². The highest BCUT2D eigenvalue weighted by molar-refractivity contribution is 6.08. The zero-order chi connectivity index (χ0) is 14.7. The summed E-state index contributed by atoms with van der Waals surface area (Å²) < 4.78 is 9.85. The van der Waals surface area contributed by atoms with Gasteiger partial charge in [0.05, 0.1) is 14.2 Å². The maximum atomic E-state index is 12.0. The smallest absolute Gasteiger partial charge is 0.316 e. The molecule has 4 heteroatoms. The summed E-state index contributed by atoms with van der Waals surface area (Å²) in [6.07, 6.45) is 2.37. The van der Waals surface area contributed by atoms with Gasteiger partial charge in [-0.1, -0.05) is 18.2 Å². The van der Waals surface area contributed by atoms with Gasteiger partial charge in [-0.2, -0.15) is 0 Å². The van der Waals surface area contributed by atoms with Crippen LogP contribution in [0.1, 0.15) is 24.8 Å². The summed E-state index contributed by atoms with van der Waals surface area (Å²) in [5.41, 5.74) is 1.68. The Hall–Kier alpha value is -2.10. The standard InChI is InChI=1S/C16H18O4/c1-10-8-12(9-14(15(10)17)16(18)20-3)11-4-6-13(19-2)7-5-11/h4-8,12,14H,9H2,1-3H3. The number of benzene rings is 1. The van der Waals surface area contributed by atoms with Gasteiger partial charge in [0.15, 0.2) is 5.78 Å². The quantitative estimate of drug-likeness (QED) is 0.627. The first-order valence-electron chi connectivity index (χ1n) is 6.51. The van der Waals surface area contributed by atoms with E-state index in [1.54, 1.807) is 14.0 Å². The number of methoxy groups -OCH3 is 2. The molecule has 0 heterocycles. The van der Waals surface area contributed by atoms with E-state index < -0.39 is 11.9 Å². The highest BCUT2D eigenvalue weighted by Crippen LogP contribution is 2.34. The molecule has 1 aliphatic rings. The lowest BCUT2D eigenvalue weighted by atomic mass is 9.79. The maximum Gasteiger partial charge on any atom is 0.316 e. The molecular formula is C16H18O4. The van der Waals surface area contributed by atoms with Crippen LogP contribution in [-0.2, 0) is 14.3 Å². The van der Waals surface area contributed by atoms with Crippen LogP contribution in [0.3, 0.4) is 0 Å². The molecule has 0 N–H and O–H groups in total. The van der Waals surface area contributed by atoms with Gasteiger partial charge in [-0.25, -0.2) is 0 Å². The lowest BCUT2D eigenvalue weighted by Gasteiger charge is -2.25. The zero-order valence-corrected chi connectivity index (χ0v) is 11.9. The van der Waals surface area contributed by atoms with Crippen LogP contribution in [0.15, 0.2) is 35.9 Å².